The Morgan fingerprint density at radius 3 is 2.32 bits per heavy atom. The molecule has 0 unspecified atom stereocenters. The third-order valence-corrected chi connectivity index (χ3v) is 3.77. The number of benzene rings is 1. The highest BCUT2D eigenvalue weighted by molar-refractivity contribution is 5.25. The first-order valence-electron chi connectivity index (χ1n) is 7.02. The summed E-state index contributed by atoms with van der Waals surface area (Å²) in [5.74, 6) is 0. The van der Waals surface area contributed by atoms with Crippen LogP contribution in [0.2, 0.25) is 0 Å². The second-order valence-electron chi connectivity index (χ2n) is 5.02. The van der Waals surface area contributed by atoms with Crippen LogP contribution in [0.25, 0.3) is 0 Å². The van der Waals surface area contributed by atoms with Gasteiger partial charge in [-0.1, -0.05) is 31.2 Å². The predicted molar refractivity (Wildman–Crippen MR) is 73.6 cm³/mol. The van der Waals surface area contributed by atoms with Crippen LogP contribution in [0.4, 0.5) is 8.78 Å². The predicted octanol–water partition coefficient (Wildman–Crippen LogP) is 2.85. The molecule has 0 spiro atoms. The molecule has 19 heavy (non-hydrogen) atoms. The van der Waals surface area contributed by atoms with Gasteiger partial charge in [-0.25, -0.2) is 8.78 Å². The molecular weight excluding hydrogens is 246 g/mol. The lowest BCUT2D eigenvalue weighted by molar-refractivity contribution is 0.0739. The fourth-order valence-electron chi connectivity index (χ4n) is 2.63. The maximum Gasteiger partial charge on any atom is 0.240 e. The van der Waals surface area contributed by atoms with Gasteiger partial charge in [-0.3, -0.25) is 4.90 Å². The van der Waals surface area contributed by atoms with Gasteiger partial charge >= 0.3 is 0 Å². The van der Waals surface area contributed by atoms with Crippen LogP contribution < -0.4 is 5.32 Å². The smallest absolute Gasteiger partial charge is 0.240 e. The monoisotopic (exact) mass is 268 g/mol. The van der Waals surface area contributed by atoms with Crippen molar-refractivity contribution in [3.63, 3.8) is 0 Å². The summed E-state index contributed by atoms with van der Waals surface area (Å²) in [6.07, 6.45) is -1.36. The molecule has 0 radical (unpaired) electrons. The molecule has 1 aliphatic rings. The number of aryl methyl sites for hydroxylation is 1. The Kier molecular flexibility index (Phi) is 5.28. The van der Waals surface area contributed by atoms with Crippen molar-refractivity contribution < 1.29 is 8.78 Å². The molecule has 1 aromatic carbocycles. The van der Waals surface area contributed by atoms with Crippen LogP contribution in [-0.2, 0) is 6.42 Å². The van der Waals surface area contributed by atoms with Crippen molar-refractivity contribution >= 4 is 0 Å². The van der Waals surface area contributed by atoms with Crippen LogP contribution in [0.1, 0.15) is 30.5 Å². The summed E-state index contributed by atoms with van der Waals surface area (Å²) in [5, 5.41) is 3.26. The molecule has 1 saturated heterocycles. The standard InChI is InChI=1S/C15H22F2N2/c1-2-12-3-5-13(6-4-12)14(11-15(16)17)19-9-7-18-8-10-19/h3-6,14-15,18H,2,7-11H2,1H3/t14-/m1/s1. The lowest BCUT2D eigenvalue weighted by Crippen LogP contribution is -2.45. The van der Waals surface area contributed by atoms with Gasteiger partial charge in [0.25, 0.3) is 0 Å². The molecule has 0 bridgehead atoms. The number of hydrogen-bond donors (Lipinski definition) is 1. The summed E-state index contributed by atoms with van der Waals surface area (Å²) in [6.45, 7) is 5.54. The van der Waals surface area contributed by atoms with Crippen molar-refractivity contribution in [2.24, 2.45) is 0 Å². The SMILES string of the molecule is CCc1ccc([C@@H](CC(F)F)N2CCNCC2)cc1. The number of rotatable bonds is 5. The van der Waals surface area contributed by atoms with Gasteiger partial charge in [0.05, 0.1) is 0 Å². The van der Waals surface area contributed by atoms with Crippen molar-refractivity contribution in [1.29, 1.82) is 0 Å². The van der Waals surface area contributed by atoms with Crippen LogP contribution in [0.5, 0.6) is 0 Å². The van der Waals surface area contributed by atoms with Gasteiger partial charge in [-0.05, 0) is 17.5 Å². The fourth-order valence-corrected chi connectivity index (χ4v) is 2.63. The third kappa shape index (κ3) is 3.98. The number of halogens is 2. The minimum absolute atomic E-state index is 0.0779. The van der Waals surface area contributed by atoms with Gasteiger partial charge in [0.15, 0.2) is 0 Å². The molecule has 1 aliphatic heterocycles. The zero-order valence-electron chi connectivity index (χ0n) is 11.4. The Labute approximate surface area is 113 Å². The van der Waals surface area contributed by atoms with Gasteiger partial charge < -0.3 is 5.32 Å². The molecule has 4 heteroatoms. The lowest BCUT2D eigenvalue weighted by Gasteiger charge is -2.35. The summed E-state index contributed by atoms with van der Waals surface area (Å²) < 4.78 is 25.7. The second-order valence-corrected chi connectivity index (χ2v) is 5.02. The van der Waals surface area contributed by atoms with Crippen molar-refractivity contribution in [2.75, 3.05) is 26.2 Å². The number of piperazine rings is 1. The van der Waals surface area contributed by atoms with E-state index < -0.39 is 6.43 Å². The second kappa shape index (κ2) is 6.96. The summed E-state index contributed by atoms with van der Waals surface area (Å²) in [4.78, 5) is 2.17. The summed E-state index contributed by atoms with van der Waals surface area (Å²) in [5.41, 5.74) is 2.26. The van der Waals surface area contributed by atoms with Crippen molar-refractivity contribution in [3.05, 3.63) is 35.4 Å². The van der Waals surface area contributed by atoms with Gasteiger partial charge in [0, 0.05) is 38.6 Å². The molecule has 0 amide bonds. The Hall–Kier alpha value is -1.00. The normalized spacial score (nSPS) is 18.7. The lowest BCUT2D eigenvalue weighted by atomic mass is 9.99. The minimum Gasteiger partial charge on any atom is -0.314 e. The molecule has 1 N–H and O–H groups in total. The average Bonchev–Trinajstić information content (AvgIpc) is 2.46. The molecule has 1 heterocycles. The van der Waals surface area contributed by atoms with E-state index in [0.717, 1.165) is 38.2 Å². The van der Waals surface area contributed by atoms with Crippen LogP contribution in [0, 0.1) is 0 Å². The minimum atomic E-state index is -2.26. The number of nitrogens with zero attached hydrogens (tertiary/aromatic N) is 1. The van der Waals surface area contributed by atoms with E-state index in [9.17, 15) is 8.78 Å². The average molecular weight is 268 g/mol. The van der Waals surface area contributed by atoms with Gasteiger partial charge in [-0.15, -0.1) is 0 Å². The molecule has 1 aromatic rings. The van der Waals surface area contributed by atoms with Crippen molar-refractivity contribution in [2.45, 2.75) is 32.2 Å². The largest absolute Gasteiger partial charge is 0.314 e. The van der Waals surface area contributed by atoms with Gasteiger partial charge in [0.1, 0.15) is 0 Å². The third-order valence-electron chi connectivity index (χ3n) is 3.77. The van der Waals surface area contributed by atoms with E-state index >= 15 is 0 Å². The molecule has 0 saturated carbocycles. The van der Waals surface area contributed by atoms with E-state index in [1.807, 2.05) is 12.1 Å². The molecule has 1 fully saturated rings. The van der Waals surface area contributed by atoms with Crippen LogP contribution in [0.15, 0.2) is 24.3 Å². The van der Waals surface area contributed by atoms with Gasteiger partial charge in [-0.2, -0.15) is 0 Å². The molecule has 106 valence electrons. The van der Waals surface area contributed by atoms with Crippen molar-refractivity contribution in [3.8, 4) is 0 Å². The maximum atomic E-state index is 12.8. The Morgan fingerprint density at radius 2 is 1.79 bits per heavy atom. The number of alkyl halides is 2. The van der Waals surface area contributed by atoms with E-state index in [-0.39, 0.29) is 12.5 Å². The summed E-state index contributed by atoms with van der Waals surface area (Å²) in [7, 11) is 0. The van der Waals surface area contributed by atoms with Gasteiger partial charge in [0.2, 0.25) is 6.43 Å². The molecule has 0 aromatic heterocycles. The highest BCUT2D eigenvalue weighted by Crippen LogP contribution is 2.27. The molecule has 1 atom stereocenters. The Balaban J connectivity index is 2.14. The maximum absolute atomic E-state index is 12.8. The quantitative estimate of drug-likeness (QED) is 0.883. The highest BCUT2D eigenvalue weighted by atomic mass is 19.3. The Morgan fingerprint density at radius 1 is 1.16 bits per heavy atom. The summed E-state index contributed by atoms with van der Waals surface area (Å²) in [6, 6.07) is 7.96. The molecular formula is C15H22F2N2. The topological polar surface area (TPSA) is 15.3 Å². The first-order valence-corrected chi connectivity index (χ1v) is 7.02. The molecule has 2 rings (SSSR count). The van der Waals surface area contributed by atoms with Crippen molar-refractivity contribution in [1.82, 2.24) is 10.2 Å². The van der Waals surface area contributed by atoms with E-state index in [1.165, 1.54) is 5.56 Å². The number of nitrogens with one attached hydrogen (secondary N) is 1. The number of hydrogen-bond acceptors (Lipinski definition) is 2. The van der Waals surface area contributed by atoms with Crippen LogP contribution in [-0.4, -0.2) is 37.5 Å². The van der Waals surface area contributed by atoms with E-state index in [2.05, 4.69) is 29.3 Å². The first kappa shape index (κ1) is 14.4. The zero-order valence-corrected chi connectivity index (χ0v) is 11.4. The molecule has 0 aliphatic carbocycles. The van der Waals surface area contributed by atoms with E-state index in [1.54, 1.807) is 0 Å². The highest BCUT2D eigenvalue weighted by Gasteiger charge is 2.25. The van der Waals surface area contributed by atoms with Crippen LogP contribution in [0.3, 0.4) is 0 Å². The Bertz CT molecular complexity index is 372. The zero-order chi connectivity index (χ0) is 13.7. The fraction of sp³-hybridized carbons (Fsp3) is 0.600. The molecule has 2 nitrogen and oxygen atoms in total. The first-order chi connectivity index (χ1) is 9.20. The van der Waals surface area contributed by atoms with E-state index in [0.29, 0.717) is 0 Å². The van der Waals surface area contributed by atoms with Crippen LogP contribution >= 0.6 is 0 Å². The summed E-state index contributed by atoms with van der Waals surface area (Å²) >= 11 is 0. The van der Waals surface area contributed by atoms with E-state index in [4.69, 9.17) is 0 Å².